The van der Waals surface area contributed by atoms with Crippen molar-refractivity contribution >= 4 is 33.4 Å². The molecule has 2 aromatic rings. The zero-order chi connectivity index (χ0) is 21.6. The molecule has 2 aliphatic heterocycles. The van der Waals surface area contributed by atoms with Gasteiger partial charge in [-0.15, -0.1) is 0 Å². The van der Waals surface area contributed by atoms with E-state index in [9.17, 15) is 9.59 Å². The van der Waals surface area contributed by atoms with Gasteiger partial charge in [0, 0.05) is 42.9 Å². The molecule has 2 aromatic carbocycles. The van der Waals surface area contributed by atoms with E-state index < -0.39 is 0 Å². The molecule has 2 heterocycles. The molecule has 6 heteroatoms. The van der Waals surface area contributed by atoms with E-state index >= 15 is 0 Å². The Hall–Kier alpha value is -2.34. The minimum absolute atomic E-state index is 0.0955. The van der Waals surface area contributed by atoms with Crippen molar-refractivity contribution in [1.29, 1.82) is 0 Å². The first-order chi connectivity index (χ1) is 15.1. The molecule has 2 unspecified atom stereocenters. The predicted octanol–water partition coefficient (Wildman–Crippen LogP) is 3.87. The molecule has 2 atom stereocenters. The first-order valence-corrected chi connectivity index (χ1v) is 12.0. The average molecular weight is 484 g/mol. The summed E-state index contributed by atoms with van der Waals surface area (Å²) in [7, 11) is 0. The average Bonchev–Trinajstić information content (AvgIpc) is 3.27. The molecule has 164 valence electrons. The molecule has 31 heavy (non-hydrogen) atoms. The first-order valence-electron chi connectivity index (χ1n) is 11.2. The van der Waals surface area contributed by atoms with E-state index in [0.717, 1.165) is 48.9 Å². The number of rotatable bonds is 6. The summed E-state index contributed by atoms with van der Waals surface area (Å²) in [6.07, 6.45) is 3.23. The van der Waals surface area contributed by atoms with E-state index in [4.69, 9.17) is 0 Å². The van der Waals surface area contributed by atoms with Crippen LogP contribution in [-0.2, 0) is 16.0 Å². The summed E-state index contributed by atoms with van der Waals surface area (Å²) in [5.41, 5.74) is 2.25. The lowest BCUT2D eigenvalue weighted by molar-refractivity contribution is -0.135. The fraction of sp³-hybridized carbons (Fsp3) is 0.440. The number of amides is 2. The number of nitrogens with one attached hydrogen (secondary N) is 1. The van der Waals surface area contributed by atoms with Crippen molar-refractivity contribution < 1.29 is 9.59 Å². The van der Waals surface area contributed by atoms with Gasteiger partial charge >= 0.3 is 0 Å². The number of likely N-dealkylation sites (tertiary alicyclic amines) is 1. The second-order valence-corrected chi connectivity index (χ2v) is 9.58. The Morgan fingerprint density at radius 2 is 1.84 bits per heavy atom. The normalized spacial score (nSPS) is 21.2. The number of halogens is 1. The third kappa shape index (κ3) is 5.88. The highest BCUT2D eigenvalue weighted by Crippen LogP contribution is 2.26. The highest BCUT2D eigenvalue weighted by Gasteiger charge is 2.29. The third-order valence-corrected chi connectivity index (χ3v) is 6.86. The summed E-state index contributed by atoms with van der Waals surface area (Å²) < 4.78 is 1.09. The van der Waals surface area contributed by atoms with Gasteiger partial charge in [0.2, 0.25) is 11.8 Å². The highest BCUT2D eigenvalue weighted by molar-refractivity contribution is 9.10. The van der Waals surface area contributed by atoms with E-state index in [-0.39, 0.29) is 17.7 Å². The molecule has 1 N–H and O–H groups in total. The van der Waals surface area contributed by atoms with Gasteiger partial charge in [-0.1, -0.05) is 52.3 Å². The maximum absolute atomic E-state index is 12.8. The van der Waals surface area contributed by atoms with E-state index in [0.29, 0.717) is 25.4 Å². The van der Waals surface area contributed by atoms with Crippen LogP contribution in [0.15, 0.2) is 59.1 Å². The number of benzene rings is 2. The number of piperidine rings is 1. The third-order valence-electron chi connectivity index (χ3n) is 6.37. The molecule has 0 aliphatic carbocycles. The van der Waals surface area contributed by atoms with Crippen LogP contribution in [0.1, 0.15) is 24.8 Å². The number of anilines is 1. The Balaban J connectivity index is 1.24. The quantitative estimate of drug-likeness (QED) is 0.678. The molecule has 0 bridgehead atoms. The van der Waals surface area contributed by atoms with Crippen LogP contribution in [0.3, 0.4) is 0 Å². The smallest absolute Gasteiger partial charge is 0.227 e. The summed E-state index contributed by atoms with van der Waals surface area (Å²) in [5.74, 6) is 0.570. The van der Waals surface area contributed by atoms with Crippen LogP contribution < -0.4 is 10.2 Å². The van der Waals surface area contributed by atoms with Gasteiger partial charge in [-0.3, -0.25) is 9.59 Å². The Bertz CT molecular complexity index is 905. The van der Waals surface area contributed by atoms with E-state index in [1.807, 2.05) is 41.3 Å². The predicted molar refractivity (Wildman–Crippen MR) is 127 cm³/mol. The van der Waals surface area contributed by atoms with Crippen LogP contribution >= 0.6 is 15.9 Å². The summed E-state index contributed by atoms with van der Waals surface area (Å²) in [6, 6.07) is 18.2. The second-order valence-electron chi connectivity index (χ2n) is 8.67. The lowest BCUT2D eigenvalue weighted by Crippen LogP contribution is -2.46. The summed E-state index contributed by atoms with van der Waals surface area (Å²) >= 11 is 3.54. The number of nitrogens with zero attached hydrogens (tertiary/aromatic N) is 2. The Kier molecular flexibility index (Phi) is 7.28. The van der Waals surface area contributed by atoms with Crippen LogP contribution in [0, 0.1) is 11.8 Å². The highest BCUT2D eigenvalue weighted by atomic mass is 79.9. The topological polar surface area (TPSA) is 52.7 Å². The SMILES string of the molecule is O=C(NCC1CCN(c2cccc(Br)c2)C1)C1CCCN(C(=O)Cc2ccccc2)C1. The van der Waals surface area contributed by atoms with Crippen molar-refractivity contribution in [3.05, 3.63) is 64.6 Å². The monoisotopic (exact) mass is 483 g/mol. The molecule has 2 amide bonds. The van der Waals surface area contributed by atoms with Crippen molar-refractivity contribution in [3.8, 4) is 0 Å². The Labute approximate surface area is 192 Å². The van der Waals surface area contributed by atoms with Gasteiger partial charge in [-0.2, -0.15) is 0 Å². The van der Waals surface area contributed by atoms with Gasteiger partial charge in [-0.05, 0) is 48.9 Å². The Morgan fingerprint density at radius 1 is 1.00 bits per heavy atom. The minimum atomic E-state index is -0.101. The standard InChI is InChI=1S/C25H30BrN3O2/c26-22-9-4-10-23(15-22)28-13-11-20(17-28)16-27-25(31)21-8-5-12-29(18-21)24(30)14-19-6-2-1-3-7-19/h1-4,6-7,9-10,15,20-21H,5,8,11-14,16-18H2,(H,27,31). The molecule has 0 saturated carbocycles. The minimum Gasteiger partial charge on any atom is -0.371 e. The fourth-order valence-corrected chi connectivity index (χ4v) is 4.98. The number of carbonyl (C=O) groups excluding carboxylic acids is 2. The molecular formula is C25H30BrN3O2. The maximum atomic E-state index is 12.8. The van der Waals surface area contributed by atoms with E-state index in [1.165, 1.54) is 5.69 Å². The largest absolute Gasteiger partial charge is 0.371 e. The van der Waals surface area contributed by atoms with Crippen LogP contribution in [-0.4, -0.2) is 49.4 Å². The summed E-state index contributed by atoms with van der Waals surface area (Å²) in [4.78, 5) is 29.7. The zero-order valence-electron chi connectivity index (χ0n) is 17.8. The molecule has 0 radical (unpaired) electrons. The van der Waals surface area contributed by atoms with Crippen LogP contribution in [0.5, 0.6) is 0 Å². The zero-order valence-corrected chi connectivity index (χ0v) is 19.4. The molecule has 5 nitrogen and oxygen atoms in total. The van der Waals surface area contributed by atoms with Gasteiger partial charge in [-0.25, -0.2) is 0 Å². The first kappa shape index (κ1) is 21.9. The number of hydrogen-bond donors (Lipinski definition) is 1. The summed E-state index contributed by atoms with van der Waals surface area (Å²) in [6.45, 7) is 3.97. The molecule has 2 aliphatic rings. The van der Waals surface area contributed by atoms with Gasteiger partial charge in [0.05, 0.1) is 12.3 Å². The number of carbonyl (C=O) groups is 2. The van der Waals surface area contributed by atoms with Crippen molar-refractivity contribution in [2.24, 2.45) is 11.8 Å². The van der Waals surface area contributed by atoms with Gasteiger partial charge < -0.3 is 15.1 Å². The molecule has 2 fully saturated rings. The van der Waals surface area contributed by atoms with Crippen molar-refractivity contribution in [3.63, 3.8) is 0 Å². The second kappa shape index (κ2) is 10.3. The van der Waals surface area contributed by atoms with Crippen LogP contribution in [0.25, 0.3) is 0 Å². The van der Waals surface area contributed by atoms with Crippen molar-refractivity contribution in [1.82, 2.24) is 10.2 Å². The molecule has 2 saturated heterocycles. The Morgan fingerprint density at radius 3 is 2.65 bits per heavy atom. The van der Waals surface area contributed by atoms with Crippen molar-refractivity contribution in [2.75, 3.05) is 37.6 Å². The van der Waals surface area contributed by atoms with Gasteiger partial charge in [0.15, 0.2) is 0 Å². The molecular weight excluding hydrogens is 454 g/mol. The van der Waals surface area contributed by atoms with Crippen molar-refractivity contribution in [2.45, 2.75) is 25.7 Å². The van der Waals surface area contributed by atoms with E-state index in [1.54, 1.807) is 0 Å². The molecule has 4 rings (SSSR count). The van der Waals surface area contributed by atoms with Gasteiger partial charge in [0.25, 0.3) is 0 Å². The lowest BCUT2D eigenvalue weighted by atomic mass is 9.96. The van der Waals surface area contributed by atoms with Crippen LogP contribution in [0.4, 0.5) is 5.69 Å². The summed E-state index contributed by atoms with van der Waals surface area (Å²) in [5, 5.41) is 3.17. The van der Waals surface area contributed by atoms with E-state index in [2.05, 4.69) is 44.3 Å². The molecule has 0 aromatic heterocycles. The van der Waals surface area contributed by atoms with Crippen LogP contribution in [0.2, 0.25) is 0 Å². The van der Waals surface area contributed by atoms with Gasteiger partial charge in [0.1, 0.15) is 0 Å². The molecule has 0 spiro atoms. The lowest BCUT2D eigenvalue weighted by Gasteiger charge is -2.32. The number of hydrogen-bond acceptors (Lipinski definition) is 3. The fourth-order valence-electron chi connectivity index (χ4n) is 4.60. The maximum Gasteiger partial charge on any atom is 0.227 e.